The van der Waals surface area contributed by atoms with Crippen LogP contribution in [0.5, 0.6) is 11.5 Å². The second-order valence-electron chi connectivity index (χ2n) is 11.4. The van der Waals surface area contributed by atoms with Crippen molar-refractivity contribution in [3.05, 3.63) is 81.5 Å². The molecule has 7 rings (SSSR count). The van der Waals surface area contributed by atoms with E-state index in [1.165, 1.54) is 24.5 Å². The number of benzene rings is 2. The zero-order chi connectivity index (χ0) is 29.7. The third-order valence-corrected chi connectivity index (χ3v) is 9.67. The predicted molar refractivity (Wildman–Crippen MR) is 158 cm³/mol. The highest BCUT2D eigenvalue weighted by molar-refractivity contribution is 7.20. The summed E-state index contributed by atoms with van der Waals surface area (Å²) in [5.41, 5.74) is 2.51. The van der Waals surface area contributed by atoms with Crippen LogP contribution in [0.1, 0.15) is 58.7 Å². The Hall–Kier alpha value is -3.98. The van der Waals surface area contributed by atoms with E-state index in [0.29, 0.717) is 29.5 Å². The molecule has 11 heteroatoms. The van der Waals surface area contributed by atoms with Gasteiger partial charge in [0.2, 0.25) is 0 Å². The highest BCUT2D eigenvalue weighted by Crippen LogP contribution is 2.50. The lowest BCUT2D eigenvalue weighted by Gasteiger charge is -2.33. The van der Waals surface area contributed by atoms with Gasteiger partial charge < -0.3 is 23.5 Å². The average molecular weight is 603 g/mol. The zero-order valence-electron chi connectivity index (χ0n) is 24.0. The molecule has 0 spiro atoms. The molecule has 0 amide bonds. The predicted octanol–water partition coefficient (Wildman–Crippen LogP) is 6.39. The van der Waals surface area contributed by atoms with Gasteiger partial charge in [-0.05, 0) is 56.5 Å². The molecule has 3 aliphatic heterocycles. The molecule has 0 aliphatic carbocycles. The van der Waals surface area contributed by atoms with Crippen molar-refractivity contribution in [2.75, 3.05) is 26.8 Å². The number of esters is 1. The van der Waals surface area contributed by atoms with Crippen molar-refractivity contribution in [3.63, 3.8) is 0 Å². The molecule has 2 atom stereocenters. The van der Waals surface area contributed by atoms with Gasteiger partial charge in [0, 0.05) is 19.1 Å². The molecule has 9 nitrogen and oxygen atoms in total. The zero-order valence-corrected chi connectivity index (χ0v) is 24.8. The van der Waals surface area contributed by atoms with E-state index in [9.17, 15) is 9.18 Å². The van der Waals surface area contributed by atoms with E-state index in [4.69, 9.17) is 30.5 Å². The molecular formula is C32H31FN4O5S. The molecule has 1 unspecified atom stereocenters. The lowest BCUT2D eigenvalue weighted by atomic mass is 9.88. The molecule has 0 N–H and O–H groups in total. The van der Waals surface area contributed by atoms with E-state index < -0.39 is 11.6 Å². The minimum absolute atomic E-state index is 0.163. The smallest absolute Gasteiger partial charge is 0.348 e. The van der Waals surface area contributed by atoms with Gasteiger partial charge in [-0.2, -0.15) is 0 Å². The van der Waals surface area contributed by atoms with Gasteiger partial charge in [0.1, 0.15) is 21.3 Å². The Morgan fingerprint density at radius 2 is 2.02 bits per heavy atom. The Kier molecular flexibility index (Phi) is 7.08. The number of fused-ring (bicyclic) bond motifs is 2. The first kappa shape index (κ1) is 27.8. The second-order valence-corrected chi connectivity index (χ2v) is 12.4. The number of piperidine rings is 1. The summed E-state index contributed by atoms with van der Waals surface area (Å²) < 4.78 is 40.3. The third kappa shape index (κ3) is 5.03. The van der Waals surface area contributed by atoms with E-state index in [0.717, 1.165) is 60.7 Å². The minimum Gasteiger partial charge on any atom is -0.465 e. The summed E-state index contributed by atoms with van der Waals surface area (Å²) >= 11 is 1.36. The first-order valence-corrected chi connectivity index (χ1v) is 15.3. The molecule has 2 aromatic carbocycles. The first-order valence-electron chi connectivity index (χ1n) is 14.4. The molecule has 0 radical (unpaired) electrons. The number of carbonyl (C=O) groups excluding carboxylic acids is 1. The average Bonchev–Trinajstić information content (AvgIpc) is 3.65. The van der Waals surface area contributed by atoms with Crippen molar-refractivity contribution in [3.8, 4) is 11.5 Å². The molecule has 3 aliphatic rings. The topological polar surface area (TPSA) is 79.4 Å². The van der Waals surface area contributed by atoms with Crippen LogP contribution in [-0.2, 0) is 28.4 Å². The monoisotopic (exact) mass is 602 g/mol. The van der Waals surface area contributed by atoms with Gasteiger partial charge in [-0.15, -0.1) is 11.3 Å². The van der Waals surface area contributed by atoms with Crippen molar-refractivity contribution in [1.29, 1.82) is 0 Å². The fourth-order valence-electron chi connectivity index (χ4n) is 6.24. The molecule has 2 saturated heterocycles. The van der Waals surface area contributed by atoms with Gasteiger partial charge >= 0.3 is 5.97 Å². The number of likely N-dealkylation sites (tertiary alicyclic amines) is 1. The summed E-state index contributed by atoms with van der Waals surface area (Å²) in [5.74, 6) is 0.320. The lowest BCUT2D eigenvalue weighted by Crippen LogP contribution is -2.35. The molecule has 222 valence electrons. The summed E-state index contributed by atoms with van der Waals surface area (Å²) in [4.78, 5) is 24.2. The number of nitrogens with zero attached hydrogens (tertiary/aromatic N) is 4. The Morgan fingerprint density at radius 3 is 2.72 bits per heavy atom. The van der Waals surface area contributed by atoms with Gasteiger partial charge in [0.05, 0.1) is 44.0 Å². The van der Waals surface area contributed by atoms with E-state index >= 15 is 0 Å². The van der Waals surface area contributed by atoms with Crippen LogP contribution in [-0.4, -0.2) is 53.3 Å². The second kappa shape index (κ2) is 10.9. The number of rotatable bonds is 7. The van der Waals surface area contributed by atoms with Crippen LogP contribution >= 0.6 is 11.3 Å². The SMILES string of the molecule is [C-]#[N+]c1ccc(C2(C)Oc3cccc(C4CCN(Cc5nc6sc(C(=O)OC)cc6n5C[C@@H]5CCO5)CC4)c3O2)c(F)c1. The van der Waals surface area contributed by atoms with Gasteiger partial charge in [-0.3, -0.25) is 4.90 Å². The third-order valence-electron chi connectivity index (χ3n) is 8.67. The number of halogens is 1. The largest absolute Gasteiger partial charge is 0.465 e. The first-order chi connectivity index (χ1) is 20.8. The quantitative estimate of drug-likeness (QED) is 0.179. The number of methoxy groups -OCH3 is 1. The Morgan fingerprint density at radius 1 is 1.21 bits per heavy atom. The number of hydrogen-bond acceptors (Lipinski definition) is 8. The maximum Gasteiger partial charge on any atom is 0.348 e. The van der Waals surface area contributed by atoms with Crippen molar-refractivity contribution >= 4 is 33.3 Å². The number of ether oxygens (including phenoxy) is 4. The van der Waals surface area contributed by atoms with Gasteiger partial charge in [-0.25, -0.2) is 19.0 Å². The Labute approximate surface area is 252 Å². The summed E-state index contributed by atoms with van der Waals surface area (Å²) in [5, 5.41) is 0. The molecule has 2 aromatic heterocycles. The van der Waals surface area contributed by atoms with Gasteiger partial charge in [-0.1, -0.05) is 24.3 Å². The molecule has 0 bridgehead atoms. The standard InChI is InChI=1S/C32H31FN4O5S/c1-32(23-8-7-20(34-2)15-24(23)33)41-26-6-4-5-22(29(26)42-32)19-9-12-36(13-10-19)18-28-35-30-25(16-27(43-30)31(38)39-3)37(28)17-21-11-14-40-21/h4-8,15-16,19,21H,9-14,17-18H2,1,3H3/t21-,32?/m0/s1. The van der Waals surface area contributed by atoms with E-state index in [2.05, 4.69) is 20.4 Å². The number of hydrogen-bond donors (Lipinski definition) is 0. The number of carbonyl (C=O) groups is 1. The lowest BCUT2D eigenvalue weighted by molar-refractivity contribution is -0.0711. The van der Waals surface area contributed by atoms with Crippen molar-refractivity contribution in [2.45, 2.75) is 57.1 Å². The van der Waals surface area contributed by atoms with Gasteiger partial charge in [0.25, 0.3) is 5.79 Å². The van der Waals surface area contributed by atoms with E-state index in [1.807, 2.05) is 18.2 Å². The van der Waals surface area contributed by atoms with Crippen LogP contribution in [0.4, 0.5) is 10.1 Å². The van der Waals surface area contributed by atoms with Gasteiger partial charge in [0.15, 0.2) is 17.2 Å². The molecule has 4 aromatic rings. The molecule has 5 heterocycles. The molecular weight excluding hydrogens is 571 g/mol. The highest BCUT2D eigenvalue weighted by Gasteiger charge is 2.43. The highest BCUT2D eigenvalue weighted by atomic mass is 32.1. The summed E-state index contributed by atoms with van der Waals surface area (Å²) in [6, 6.07) is 12.1. The molecule has 2 fully saturated rings. The van der Waals surface area contributed by atoms with Crippen LogP contribution in [0, 0.1) is 12.4 Å². The maximum absolute atomic E-state index is 14.9. The summed E-state index contributed by atoms with van der Waals surface area (Å²) in [7, 11) is 1.39. The van der Waals surface area contributed by atoms with Crippen LogP contribution in [0.3, 0.4) is 0 Å². The van der Waals surface area contributed by atoms with E-state index in [-0.39, 0.29) is 29.2 Å². The fourth-order valence-corrected chi connectivity index (χ4v) is 7.21. The van der Waals surface area contributed by atoms with E-state index in [1.54, 1.807) is 19.1 Å². The van der Waals surface area contributed by atoms with Crippen LogP contribution in [0.25, 0.3) is 15.2 Å². The summed E-state index contributed by atoms with van der Waals surface area (Å²) in [6.07, 6.45) is 3.04. The van der Waals surface area contributed by atoms with Crippen LogP contribution in [0.15, 0.2) is 42.5 Å². The number of imidazole rings is 1. The number of aromatic nitrogens is 2. The van der Waals surface area contributed by atoms with Crippen molar-refractivity contribution in [2.24, 2.45) is 0 Å². The molecule has 0 saturated carbocycles. The van der Waals surface area contributed by atoms with Crippen molar-refractivity contribution < 1.29 is 28.1 Å². The molecule has 43 heavy (non-hydrogen) atoms. The minimum atomic E-state index is -1.31. The van der Waals surface area contributed by atoms with Crippen molar-refractivity contribution in [1.82, 2.24) is 14.5 Å². The number of para-hydroxylation sites is 1. The Bertz CT molecular complexity index is 1750. The van der Waals surface area contributed by atoms with Crippen LogP contribution < -0.4 is 9.47 Å². The van der Waals surface area contributed by atoms with Crippen LogP contribution in [0.2, 0.25) is 0 Å². The normalized spacial score (nSPS) is 22.0. The number of thiophene rings is 1. The maximum atomic E-state index is 14.9. The fraction of sp³-hybridized carbons (Fsp3) is 0.406. The summed E-state index contributed by atoms with van der Waals surface area (Å²) in [6.45, 7) is 12.8. The Balaban J connectivity index is 1.06.